The number of nitrogens with zero attached hydrogens (tertiary/aromatic N) is 1. The van der Waals surface area contributed by atoms with Gasteiger partial charge in [-0.05, 0) is 12.5 Å². The number of rotatable bonds is 4. The SMILES string of the molecule is CC(CS(C)=O)N1CCNC(c2ccccc2)C1. The summed E-state index contributed by atoms with van der Waals surface area (Å²) in [5, 5.41) is 3.56. The molecule has 3 nitrogen and oxygen atoms in total. The van der Waals surface area contributed by atoms with Crippen molar-refractivity contribution in [1.82, 2.24) is 10.2 Å². The molecule has 0 saturated carbocycles. The molecular weight excluding hydrogens is 244 g/mol. The summed E-state index contributed by atoms with van der Waals surface area (Å²) in [7, 11) is -0.715. The van der Waals surface area contributed by atoms with Gasteiger partial charge in [-0.1, -0.05) is 30.3 Å². The van der Waals surface area contributed by atoms with Crippen LogP contribution >= 0.6 is 0 Å². The molecule has 1 fully saturated rings. The summed E-state index contributed by atoms with van der Waals surface area (Å²) in [5.74, 6) is 0.765. The number of benzene rings is 1. The molecular formula is C14H22N2OS. The van der Waals surface area contributed by atoms with Gasteiger partial charge in [-0.3, -0.25) is 9.11 Å². The van der Waals surface area contributed by atoms with E-state index in [1.807, 2.05) is 6.07 Å². The van der Waals surface area contributed by atoms with Crippen LogP contribution in [0.5, 0.6) is 0 Å². The highest BCUT2D eigenvalue weighted by Crippen LogP contribution is 2.18. The van der Waals surface area contributed by atoms with Crippen molar-refractivity contribution in [2.45, 2.75) is 19.0 Å². The molecule has 1 aromatic rings. The molecule has 0 spiro atoms. The number of piperazine rings is 1. The van der Waals surface area contributed by atoms with Crippen molar-refractivity contribution >= 4 is 10.8 Å². The van der Waals surface area contributed by atoms with E-state index in [2.05, 4.69) is 41.4 Å². The molecule has 1 N–H and O–H groups in total. The number of hydrogen-bond donors (Lipinski definition) is 1. The topological polar surface area (TPSA) is 32.3 Å². The Labute approximate surface area is 112 Å². The minimum Gasteiger partial charge on any atom is -0.308 e. The van der Waals surface area contributed by atoms with Crippen molar-refractivity contribution in [3.05, 3.63) is 35.9 Å². The Morgan fingerprint density at radius 1 is 1.44 bits per heavy atom. The highest BCUT2D eigenvalue weighted by atomic mass is 32.2. The van der Waals surface area contributed by atoms with Crippen LogP contribution in [0.1, 0.15) is 18.5 Å². The van der Waals surface area contributed by atoms with E-state index in [4.69, 9.17) is 0 Å². The van der Waals surface area contributed by atoms with Gasteiger partial charge in [-0.25, -0.2) is 0 Å². The third-order valence-electron chi connectivity index (χ3n) is 3.51. The van der Waals surface area contributed by atoms with E-state index < -0.39 is 10.8 Å². The average Bonchev–Trinajstić information content (AvgIpc) is 2.39. The second kappa shape index (κ2) is 6.45. The monoisotopic (exact) mass is 266 g/mol. The zero-order valence-electron chi connectivity index (χ0n) is 11.1. The van der Waals surface area contributed by atoms with E-state index in [-0.39, 0.29) is 0 Å². The van der Waals surface area contributed by atoms with E-state index >= 15 is 0 Å². The van der Waals surface area contributed by atoms with Gasteiger partial charge in [0.15, 0.2) is 0 Å². The summed E-state index contributed by atoms with van der Waals surface area (Å²) in [6.07, 6.45) is 1.79. The van der Waals surface area contributed by atoms with E-state index in [0.717, 1.165) is 25.4 Å². The average molecular weight is 266 g/mol. The van der Waals surface area contributed by atoms with Crippen LogP contribution in [-0.4, -0.2) is 46.8 Å². The van der Waals surface area contributed by atoms with Crippen LogP contribution in [0.2, 0.25) is 0 Å². The zero-order valence-corrected chi connectivity index (χ0v) is 12.0. The summed E-state index contributed by atoms with van der Waals surface area (Å²) >= 11 is 0. The predicted molar refractivity (Wildman–Crippen MR) is 77.2 cm³/mol. The Balaban J connectivity index is 1.98. The molecule has 18 heavy (non-hydrogen) atoms. The molecule has 2 rings (SSSR count). The number of nitrogens with one attached hydrogen (secondary N) is 1. The van der Waals surface area contributed by atoms with Gasteiger partial charge in [0.25, 0.3) is 0 Å². The summed E-state index contributed by atoms with van der Waals surface area (Å²) in [4.78, 5) is 2.44. The molecule has 3 unspecified atom stereocenters. The van der Waals surface area contributed by atoms with Crippen LogP contribution in [0.25, 0.3) is 0 Å². The molecule has 1 aromatic carbocycles. The Morgan fingerprint density at radius 3 is 2.83 bits per heavy atom. The zero-order chi connectivity index (χ0) is 13.0. The minimum atomic E-state index is -0.715. The van der Waals surface area contributed by atoms with Crippen molar-refractivity contribution < 1.29 is 4.21 Å². The van der Waals surface area contributed by atoms with Crippen LogP contribution in [0.15, 0.2) is 30.3 Å². The summed E-state index contributed by atoms with van der Waals surface area (Å²) < 4.78 is 11.3. The second-order valence-corrected chi connectivity index (χ2v) is 6.48. The molecule has 3 atom stereocenters. The smallest absolute Gasteiger partial charge is 0.0449 e. The molecule has 0 amide bonds. The molecule has 1 aliphatic heterocycles. The first kappa shape index (κ1) is 13.7. The molecule has 4 heteroatoms. The molecule has 1 aliphatic rings. The highest BCUT2D eigenvalue weighted by molar-refractivity contribution is 7.84. The van der Waals surface area contributed by atoms with E-state index in [1.54, 1.807) is 6.26 Å². The lowest BCUT2D eigenvalue weighted by Crippen LogP contribution is -2.50. The lowest BCUT2D eigenvalue weighted by molar-refractivity contribution is 0.164. The third-order valence-corrected chi connectivity index (χ3v) is 4.46. The molecule has 1 saturated heterocycles. The maximum atomic E-state index is 11.3. The van der Waals surface area contributed by atoms with Crippen molar-refractivity contribution in [3.63, 3.8) is 0 Å². The maximum absolute atomic E-state index is 11.3. The molecule has 1 heterocycles. The van der Waals surface area contributed by atoms with E-state index in [1.165, 1.54) is 5.56 Å². The van der Waals surface area contributed by atoms with Crippen molar-refractivity contribution in [2.75, 3.05) is 31.6 Å². The summed E-state index contributed by atoms with van der Waals surface area (Å²) in [6.45, 7) is 5.22. The Bertz CT molecular complexity index is 396. The fourth-order valence-electron chi connectivity index (χ4n) is 2.53. The predicted octanol–water partition coefficient (Wildman–Crippen LogP) is 1.40. The minimum absolute atomic E-state index is 0.393. The van der Waals surface area contributed by atoms with Gasteiger partial charge < -0.3 is 5.32 Å². The summed E-state index contributed by atoms with van der Waals surface area (Å²) in [5.41, 5.74) is 1.34. The highest BCUT2D eigenvalue weighted by Gasteiger charge is 2.24. The van der Waals surface area contributed by atoms with E-state index in [0.29, 0.717) is 12.1 Å². The van der Waals surface area contributed by atoms with Gasteiger partial charge in [0.2, 0.25) is 0 Å². The van der Waals surface area contributed by atoms with Crippen LogP contribution in [0.4, 0.5) is 0 Å². The Kier molecular flexibility index (Phi) is 4.92. The van der Waals surface area contributed by atoms with Gasteiger partial charge >= 0.3 is 0 Å². The Morgan fingerprint density at radius 2 is 2.17 bits per heavy atom. The van der Waals surface area contributed by atoms with Crippen LogP contribution < -0.4 is 5.32 Å². The molecule has 0 bridgehead atoms. The molecule has 100 valence electrons. The fourth-order valence-corrected chi connectivity index (χ4v) is 3.42. The normalized spacial score (nSPS) is 24.7. The molecule has 0 aliphatic carbocycles. The van der Waals surface area contributed by atoms with Crippen molar-refractivity contribution in [3.8, 4) is 0 Å². The lowest BCUT2D eigenvalue weighted by atomic mass is 10.0. The van der Waals surface area contributed by atoms with Crippen LogP contribution in [0, 0.1) is 0 Å². The van der Waals surface area contributed by atoms with E-state index in [9.17, 15) is 4.21 Å². The van der Waals surface area contributed by atoms with Gasteiger partial charge in [-0.15, -0.1) is 0 Å². The van der Waals surface area contributed by atoms with Gasteiger partial charge in [0.1, 0.15) is 0 Å². The fraction of sp³-hybridized carbons (Fsp3) is 0.571. The quantitative estimate of drug-likeness (QED) is 0.894. The van der Waals surface area contributed by atoms with Crippen LogP contribution in [0.3, 0.4) is 0 Å². The van der Waals surface area contributed by atoms with Gasteiger partial charge in [0.05, 0.1) is 0 Å². The van der Waals surface area contributed by atoms with Gasteiger partial charge in [-0.2, -0.15) is 0 Å². The largest absolute Gasteiger partial charge is 0.308 e. The van der Waals surface area contributed by atoms with Crippen molar-refractivity contribution in [2.24, 2.45) is 0 Å². The lowest BCUT2D eigenvalue weighted by Gasteiger charge is -2.37. The summed E-state index contributed by atoms with van der Waals surface area (Å²) in [6, 6.07) is 11.3. The maximum Gasteiger partial charge on any atom is 0.0449 e. The van der Waals surface area contributed by atoms with Crippen LogP contribution in [-0.2, 0) is 10.8 Å². The standard InChI is InChI=1S/C14H22N2OS/c1-12(11-18(2)17)16-9-8-15-14(10-16)13-6-4-3-5-7-13/h3-7,12,14-15H,8-11H2,1-2H3. The molecule has 0 radical (unpaired) electrons. The third kappa shape index (κ3) is 3.64. The Hall–Kier alpha value is -0.710. The first-order valence-electron chi connectivity index (χ1n) is 6.49. The first-order valence-corrected chi connectivity index (χ1v) is 8.22. The van der Waals surface area contributed by atoms with Crippen molar-refractivity contribution in [1.29, 1.82) is 0 Å². The first-order chi connectivity index (χ1) is 8.66. The molecule has 0 aromatic heterocycles. The van der Waals surface area contributed by atoms with Gasteiger partial charge in [0, 0.05) is 54.5 Å². The number of hydrogen-bond acceptors (Lipinski definition) is 3. The second-order valence-electron chi connectivity index (χ2n) is 5.00.